The summed E-state index contributed by atoms with van der Waals surface area (Å²) in [7, 11) is 0. The Bertz CT molecular complexity index is 452. The smallest absolute Gasteiger partial charge is 0.0946 e. The average molecular weight is 260 g/mol. The highest BCUT2D eigenvalue weighted by Gasteiger charge is 2.10. The van der Waals surface area contributed by atoms with Gasteiger partial charge in [0.2, 0.25) is 0 Å². The van der Waals surface area contributed by atoms with Crippen molar-refractivity contribution in [2.45, 2.75) is 45.8 Å². The zero-order chi connectivity index (χ0) is 13.5. The highest BCUT2D eigenvalue weighted by molar-refractivity contribution is 5.15. The van der Waals surface area contributed by atoms with Gasteiger partial charge in [0.05, 0.1) is 6.33 Å². The van der Waals surface area contributed by atoms with Crippen LogP contribution in [0.15, 0.2) is 37.2 Å². The van der Waals surface area contributed by atoms with Gasteiger partial charge < -0.3 is 14.5 Å². The van der Waals surface area contributed by atoms with Gasteiger partial charge in [-0.2, -0.15) is 0 Å². The summed E-state index contributed by atoms with van der Waals surface area (Å²) in [5, 5.41) is 3.55. The summed E-state index contributed by atoms with van der Waals surface area (Å²) in [4.78, 5) is 4.06. The largest absolute Gasteiger partial charge is 0.352 e. The number of aryl methyl sites for hydroxylation is 2. The van der Waals surface area contributed by atoms with E-state index in [-0.39, 0.29) is 0 Å². The second-order valence-corrected chi connectivity index (χ2v) is 4.88. The van der Waals surface area contributed by atoms with Crippen molar-refractivity contribution >= 4 is 0 Å². The molecule has 2 aromatic rings. The van der Waals surface area contributed by atoms with Gasteiger partial charge in [-0.1, -0.05) is 20.3 Å². The Morgan fingerprint density at radius 2 is 2.05 bits per heavy atom. The SMILES string of the molecule is CCCC(NCC)c1ccn(CCn2ccnc2)c1. The molecule has 0 radical (unpaired) electrons. The molecule has 0 saturated carbocycles. The molecule has 0 aliphatic rings. The van der Waals surface area contributed by atoms with Gasteiger partial charge in [-0.25, -0.2) is 4.98 Å². The number of nitrogens with zero attached hydrogens (tertiary/aromatic N) is 3. The third kappa shape index (κ3) is 3.96. The van der Waals surface area contributed by atoms with Crippen LogP contribution in [0.4, 0.5) is 0 Å². The lowest BCUT2D eigenvalue weighted by molar-refractivity contribution is 0.506. The van der Waals surface area contributed by atoms with Crippen molar-refractivity contribution in [3.8, 4) is 0 Å². The van der Waals surface area contributed by atoms with Crippen LogP contribution in [0.1, 0.15) is 38.3 Å². The van der Waals surface area contributed by atoms with E-state index in [1.165, 1.54) is 18.4 Å². The van der Waals surface area contributed by atoms with Gasteiger partial charge in [-0.05, 0) is 24.6 Å². The summed E-state index contributed by atoms with van der Waals surface area (Å²) in [6.07, 6.45) is 12.5. The van der Waals surface area contributed by atoms with E-state index in [4.69, 9.17) is 0 Å². The first-order valence-corrected chi connectivity index (χ1v) is 7.18. The average Bonchev–Trinajstić information content (AvgIpc) is 3.07. The first-order chi connectivity index (χ1) is 9.33. The van der Waals surface area contributed by atoms with E-state index in [2.05, 4.69) is 51.7 Å². The van der Waals surface area contributed by atoms with Crippen molar-refractivity contribution in [3.63, 3.8) is 0 Å². The normalized spacial score (nSPS) is 12.7. The maximum Gasteiger partial charge on any atom is 0.0946 e. The molecule has 4 nitrogen and oxygen atoms in total. The number of aromatic nitrogens is 3. The van der Waals surface area contributed by atoms with Crippen molar-refractivity contribution in [1.29, 1.82) is 0 Å². The standard InChI is InChI=1S/C15H24N4/c1-3-5-15(17-4-2)14-6-8-18(12-14)10-11-19-9-7-16-13-19/h6-9,12-13,15,17H,3-5,10-11H2,1-2H3. The molecule has 0 amide bonds. The van der Waals surface area contributed by atoms with E-state index in [1.54, 1.807) is 0 Å². The van der Waals surface area contributed by atoms with Crippen LogP contribution in [0.3, 0.4) is 0 Å². The van der Waals surface area contributed by atoms with Gasteiger partial charge in [-0.15, -0.1) is 0 Å². The van der Waals surface area contributed by atoms with Gasteiger partial charge in [0.25, 0.3) is 0 Å². The van der Waals surface area contributed by atoms with Crippen LogP contribution in [0.25, 0.3) is 0 Å². The quantitative estimate of drug-likeness (QED) is 0.792. The van der Waals surface area contributed by atoms with Gasteiger partial charge in [0, 0.05) is 43.9 Å². The molecule has 0 aromatic carbocycles. The molecular formula is C15H24N4. The Hall–Kier alpha value is -1.55. The molecule has 1 N–H and O–H groups in total. The maximum atomic E-state index is 4.06. The van der Waals surface area contributed by atoms with E-state index in [1.807, 2.05) is 18.7 Å². The van der Waals surface area contributed by atoms with Crippen LogP contribution in [-0.2, 0) is 13.1 Å². The van der Waals surface area contributed by atoms with Crippen LogP contribution < -0.4 is 5.32 Å². The predicted molar refractivity (Wildman–Crippen MR) is 78.0 cm³/mol. The van der Waals surface area contributed by atoms with Crippen LogP contribution in [0, 0.1) is 0 Å². The molecule has 0 fully saturated rings. The van der Waals surface area contributed by atoms with Crippen molar-refractivity contribution in [2.24, 2.45) is 0 Å². The lowest BCUT2D eigenvalue weighted by Gasteiger charge is -2.15. The molecule has 2 rings (SSSR count). The third-order valence-electron chi connectivity index (χ3n) is 3.38. The maximum absolute atomic E-state index is 4.06. The van der Waals surface area contributed by atoms with Crippen molar-refractivity contribution in [1.82, 2.24) is 19.4 Å². The highest BCUT2D eigenvalue weighted by Crippen LogP contribution is 2.18. The van der Waals surface area contributed by atoms with Crippen LogP contribution in [-0.4, -0.2) is 20.7 Å². The van der Waals surface area contributed by atoms with Gasteiger partial charge in [0.1, 0.15) is 0 Å². The molecule has 2 heterocycles. The highest BCUT2D eigenvalue weighted by atomic mass is 15.1. The summed E-state index contributed by atoms with van der Waals surface area (Å²) in [5.74, 6) is 0. The Balaban J connectivity index is 1.93. The Labute approximate surface area is 115 Å². The Morgan fingerprint density at radius 3 is 2.74 bits per heavy atom. The minimum atomic E-state index is 0.490. The second kappa shape index (κ2) is 7.14. The molecule has 1 unspecified atom stereocenters. The minimum absolute atomic E-state index is 0.490. The van der Waals surface area contributed by atoms with E-state index < -0.39 is 0 Å². The summed E-state index contributed by atoms with van der Waals surface area (Å²) < 4.78 is 4.36. The predicted octanol–water partition coefficient (Wildman–Crippen LogP) is 2.84. The monoisotopic (exact) mass is 260 g/mol. The van der Waals surface area contributed by atoms with Crippen LogP contribution in [0.2, 0.25) is 0 Å². The van der Waals surface area contributed by atoms with E-state index >= 15 is 0 Å². The minimum Gasteiger partial charge on any atom is -0.352 e. The molecule has 0 aliphatic carbocycles. The summed E-state index contributed by atoms with van der Waals surface area (Å²) >= 11 is 0. The van der Waals surface area contributed by atoms with Crippen LogP contribution in [0.5, 0.6) is 0 Å². The third-order valence-corrected chi connectivity index (χ3v) is 3.38. The fraction of sp³-hybridized carbons (Fsp3) is 0.533. The number of hydrogen-bond acceptors (Lipinski definition) is 2. The number of hydrogen-bond donors (Lipinski definition) is 1. The van der Waals surface area contributed by atoms with Crippen molar-refractivity contribution in [2.75, 3.05) is 6.54 Å². The molecule has 19 heavy (non-hydrogen) atoms. The van der Waals surface area contributed by atoms with Gasteiger partial charge in [-0.3, -0.25) is 0 Å². The Kier molecular flexibility index (Phi) is 5.21. The molecule has 1 atom stereocenters. The zero-order valence-electron chi connectivity index (χ0n) is 11.9. The number of rotatable bonds is 8. The molecule has 2 aromatic heterocycles. The van der Waals surface area contributed by atoms with Gasteiger partial charge >= 0.3 is 0 Å². The number of nitrogens with one attached hydrogen (secondary N) is 1. The van der Waals surface area contributed by atoms with Crippen LogP contribution >= 0.6 is 0 Å². The fourth-order valence-electron chi connectivity index (χ4n) is 2.38. The first-order valence-electron chi connectivity index (χ1n) is 7.18. The molecule has 0 aliphatic heterocycles. The molecule has 0 saturated heterocycles. The summed E-state index contributed by atoms with van der Waals surface area (Å²) in [6, 6.07) is 2.72. The topological polar surface area (TPSA) is 34.8 Å². The molecular weight excluding hydrogens is 236 g/mol. The van der Waals surface area contributed by atoms with Crippen molar-refractivity contribution < 1.29 is 0 Å². The molecule has 0 spiro atoms. The summed E-state index contributed by atoms with van der Waals surface area (Å²) in [5.41, 5.74) is 1.40. The van der Waals surface area contributed by atoms with E-state index in [0.29, 0.717) is 6.04 Å². The second-order valence-electron chi connectivity index (χ2n) is 4.88. The summed E-state index contributed by atoms with van der Waals surface area (Å²) in [6.45, 7) is 7.37. The molecule has 0 bridgehead atoms. The van der Waals surface area contributed by atoms with E-state index in [0.717, 1.165) is 19.6 Å². The lowest BCUT2D eigenvalue weighted by Crippen LogP contribution is -2.20. The Morgan fingerprint density at radius 1 is 1.21 bits per heavy atom. The fourth-order valence-corrected chi connectivity index (χ4v) is 2.38. The van der Waals surface area contributed by atoms with E-state index in [9.17, 15) is 0 Å². The molecule has 4 heteroatoms. The lowest BCUT2D eigenvalue weighted by atomic mass is 10.1. The first kappa shape index (κ1) is 13.9. The van der Waals surface area contributed by atoms with Crippen molar-refractivity contribution in [3.05, 3.63) is 42.7 Å². The number of imidazole rings is 1. The zero-order valence-corrected chi connectivity index (χ0v) is 11.9. The van der Waals surface area contributed by atoms with Gasteiger partial charge in [0.15, 0.2) is 0 Å². The molecule has 104 valence electrons.